The molecule has 2 rings (SSSR count). The Bertz CT molecular complexity index is 908. The van der Waals surface area contributed by atoms with Crippen LogP contribution in [0.25, 0.3) is 0 Å². The number of thiophene rings is 1. The molecule has 0 spiro atoms. The van der Waals surface area contributed by atoms with Gasteiger partial charge in [-0.1, -0.05) is 25.8 Å². The zero-order valence-corrected chi connectivity index (χ0v) is 16.6. The fourth-order valence-corrected chi connectivity index (χ4v) is 4.08. The lowest BCUT2D eigenvalue weighted by Crippen LogP contribution is -2.04. The molecule has 0 saturated heterocycles. The van der Waals surface area contributed by atoms with E-state index in [1.54, 1.807) is 11.4 Å². The molecule has 146 valence electrons. The number of ether oxygens (including phenoxy) is 2. The zero-order chi connectivity index (χ0) is 19.9. The molecule has 0 radical (unpaired) electrons. The van der Waals surface area contributed by atoms with Crippen molar-refractivity contribution in [3.8, 4) is 11.5 Å². The van der Waals surface area contributed by atoms with Gasteiger partial charge in [0.05, 0.1) is 18.6 Å². The van der Waals surface area contributed by atoms with Crippen LogP contribution in [0.4, 0.5) is 5.69 Å². The largest absolute Gasteiger partial charge is 0.493 e. The van der Waals surface area contributed by atoms with Gasteiger partial charge in [-0.2, -0.15) is 12.8 Å². The molecule has 0 fully saturated rings. The van der Waals surface area contributed by atoms with Gasteiger partial charge in [0.2, 0.25) is 5.75 Å². The standard InChI is InChI=1S/C17H20N2O6S2/c1-3-4-5-8-25-17-14(19(20)21)10-13(11-15(17)24-2)12-18-27(22,23)16-7-6-9-26-16/h6-7,9-12H,3-5,8H2,1-2H3/b18-12-. The van der Waals surface area contributed by atoms with Crippen LogP contribution >= 0.6 is 11.3 Å². The maximum atomic E-state index is 12.1. The third-order valence-corrected chi connectivity index (χ3v) is 6.17. The lowest BCUT2D eigenvalue weighted by molar-refractivity contribution is -0.386. The number of rotatable bonds is 10. The monoisotopic (exact) mass is 412 g/mol. The average Bonchev–Trinajstić information content (AvgIpc) is 3.19. The molecule has 0 atom stereocenters. The van der Waals surface area contributed by atoms with Crippen molar-refractivity contribution in [2.24, 2.45) is 4.40 Å². The minimum atomic E-state index is -3.85. The lowest BCUT2D eigenvalue weighted by Gasteiger charge is -2.11. The van der Waals surface area contributed by atoms with E-state index in [-0.39, 0.29) is 27.0 Å². The summed E-state index contributed by atoms with van der Waals surface area (Å²) in [5, 5.41) is 13.1. The van der Waals surface area contributed by atoms with E-state index in [0.29, 0.717) is 6.61 Å². The second kappa shape index (κ2) is 9.47. The van der Waals surface area contributed by atoms with Crippen molar-refractivity contribution >= 4 is 33.3 Å². The highest BCUT2D eigenvalue weighted by Gasteiger charge is 2.22. The van der Waals surface area contributed by atoms with Gasteiger partial charge < -0.3 is 9.47 Å². The van der Waals surface area contributed by atoms with Crippen molar-refractivity contribution in [1.82, 2.24) is 0 Å². The fourth-order valence-electron chi connectivity index (χ4n) is 2.23. The van der Waals surface area contributed by atoms with Crippen LogP contribution in [0.3, 0.4) is 0 Å². The quantitative estimate of drug-likeness (QED) is 0.252. The molecule has 2 aromatic rings. The summed E-state index contributed by atoms with van der Waals surface area (Å²) in [4.78, 5) is 10.8. The van der Waals surface area contributed by atoms with Crippen LogP contribution in [0.15, 0.2) is 38.3 Å². The Morgan fingerprint density at radius 1 is 1.33 bits per heavy atom. The number of methoxy groups -OCH3 is 1. The van der Waals surface area contributed by atoms with Gasteiger partial charge in [0.1, 0.15) is 4.21 Å². The Labute approximate surface area is 161 Å². The first-order valence-electron chi connectivity index (χ1n) is 8.22. The molecular formula is C17H20N2O6S2. The Morgan fingerprint density at radius 2 is 2.11 bits per heavy atom. The van der Waals surface area contributed by atoms with Gasteiger partial charge in [0, 0.05) is 17.8 Å². The molecule has 1 heterocycles. The Kier molecular flexibility index (Phi) is 7.31. The van der Waals surface area contributed by atoms with Crippen LogP contribution in [-0.4, -0.2) is 33.3 Å². The minimum Gasteiger partial charge on any atom is -0.493 e. The Hall–Kier alpha value is -2.46. The predicted molar refractivity (Wildman–Crippen MR) is 104 cm³/mol. The molecule has 0 aliphatic heterocycles. The Morgan fingerprint density at radius 3 is 2.70 bits per heavy atom. The number of hydrogen-bond donors (Lipinski definition) is 0. The van der Waals surface area contributed by atoms with E-state index in [1.165, 1.54) is 25.3 Å². The van der Waals surface area contributed by atoms with Crippen molar-refractivity contribution in [3.05, 3.63) is 45.3 Å². The highest BCUT2D eigenvalue weighted by molar-refractivity contribution is 7.92. The fraction of sp³-hybridized carbons (Fsp3) is 0.353. The van der Waals surface area contributed by atoms with Crippen LogP contribution in [-0.2, 0) is 10.0 Å². The third kappa shape index (κ3) is 5.51. The van der Waals surface area contributed by atoms with Crippen LogP contribution < -0.4 is 9.47 Å². The van der Waals surface area contributed by atoms with Gasteiger partial charge in [0.15, 0.2) is 5.75 Å². The summed E-state index contributed by atoms with van der Waals surface area (Å²) in [6.07, 6.45) is 3.77. The lowest BCUT2D eigenvalue weighted by atomic mass is 10.2. The number of sulfonamides is 1. The zero-order valence-electron chi connectivity index (χ0n) is 15.0. The van der Waals surface area contributed by atoms with E-state index in [9.17, 15) is 18.5 Å². The topological polar surface area (TPSA) is 108 Å². The van der Waals surface area contributed by atoms with E-state index >= 15 is 0 Å². The molecule has 0 aliphatic rings. The highest BCUT2D eigenvalue weighted by Crippen LogP contribution is 2.38. The average molecular weight is 412 g/mol. The van der Waals surface area contributed by atoms with E-state index in [0.717, 1.165) is 36.8 Å². The van der Waals surface area contributed by atoms with Gasteiger partial charge >= 0.3 is 5.69 Å². The second-order valence-electron chi connectivity index (χ2n) is 5.53. The van der Waals surface area contributed by atoms with Crippen molar-refractivity contribution in [2.45, 2.75) is 30.4 Å². The number of nitrogens with zero attached hydrogens (tertiary/aromatic N) is 2. The van der Waals surface area contributed by atoms with Gasteiger partial charge in [-0.05, 0) is 23.9 Å². The molecule has 0 N–H and O–H groups in total. The second-order valence-corrected chi connectivity index (χ2v) is 8.33. The maximum Gasteiger partial charge on any atom is 0.315 e. The van der Waals surface area contributed by atoms with Gasteiger partial charge in [-0.15, -0.1) is 11.3 Å². The normalized spacial score (nSPS) is 11.6. The third-order valence-electron chi connectivity index (χ3n) is 3.56. The molecule has 10 heteroatoms. The molecule has 1 aromatic carbocycles. The van der Waals surface area contributed by atoms with Gasteiger partial charge in [-0.25, -0.2) is 0 Å². The number of hydrogen-bond acceptors (Lipinski definition) is 7. The number of nitro benzene ring substituents is 1. The van der Waals surface area contributed by atoms with Crippen molar-refractivity contribution < 1.29 is 22.8 Å². The molecule has 8 nitrogen and oxygen atoms in total. The van der Waals surface area contributed by atoms with Crippen LogP contribution in [0.1, 0.15) is 31.7 Å². The number of unbranched alkanes of at least 4 members (excludes halogenated alkanes) is 2. The van der Waals surface area contributed by atoms with Crippen LogP contribution in [0, 0.1) is 10.1 Å². The highest BCUT2D eigenvalue weighted by atomic mass is 32.2. The van der Waals surface area contributed by atoms with Crippen LogP contribution in [0.5, 0.6) is 11.5 Å². The van der Waals surface area contributed by atoms with Crippen LogP contribution in [0.2, 0.25) is 0 Å². The molecule has 0 aliphatic carbocycles. The summed E-state index contributed by atoms with van der Waals surface area (Å²) in [5.74, 6) is 0.174. The Balaban J connectivity index is 2.34. The minimum absolute atomic E-state index is 0.0249. The summed E-state index contributed by atoms with van der Waals surface area (Å²) in [5.41, 5.74) is -0.0830. The smallest absolute Gasteiger partial charge is 0.315 e. The summed E-state index contributed by atoms with van der Waals surface area (Å²) in [6.45, 7) is 2.37. The molecule has 0 saturated carbocycles. The van der Waals surface area contributed by atoms with E-state index in [1.807, 2.05) is 6.92 Å². The SMILES string of the molecule is CCCCCOc1c(OC)cc(/C=N\S(=O)(=O)c2cccs2)cc1[N+](=O)[O-]. The first kappa shape index (κ1) is 20.8. The molecule has 27 heavy (non-hydrogen) atoms. The van der Waals surface area contributed by atoms with E-state index < -0.39 is 14.9 Å². The predicted octanol–water partition coefficient (Wildman–Crippen LogP) is 4.04. The van der Waals surface area contributed by atoms with Crippen molar-refractivity contribution in [1.29, 1.82) is 0 Å². The number of benzene rings is 1. The van der Waals surface area contributed by atoms with E-state index in [4.69, 9.17) is 9.47 Å². The number of nitro groups is 1. The molecule has 1 aromatic heterocycles. The molecule has 0 bridgehead atoms. The summed E-state index contributed by atoms with van der Waals surface area (Å²) in [7, 11) is -2.49. The summed E-state index contributed by atoms with van der Waals surface area (Å²) in [6, 6.07) is 5.71. The summed E-state index contributed by atoms with van der Waals surface area (Å²) >= 11 is 1.04. The first-order chi connectivity index (χ1) is 12.9. The van der Waals surface area contributed by atoms with Gasteiger partial charge in [-0.3, -0.25) is 10.1 Å². The molecule has 0 unspecified atom stereocenters. The molecule has 0 amide bonds. The van der Waals surface area contributed by atoms with Crippen molar-refractivity contribution in [3.63, 3.8) is 0 Å². The van der Waals surface area contributed by atoms with E-state index in [2.05, 4.69) is 4.40 Å². The first-order valence-corrected chi connectivity index (χ1v) is 10.5. The maximum absolute atomic E-state index is 12.1. The van der Waals surface area contributed by atoms with Crippen molar-refractivity contribution in [2.75, 3.05) is 13.7 Å². The molecular weight excluding hydrogens is 392 g/mol. The summed E-state index contributed by atoms with van der Waals surface area (Å²) < 4.78 is 38.7. The van der Waals surface area contributed by atoms with Gasteiger partial charge in [0.25, 0.3) is 10.0 Å².